The second kappa shape index (κ2) is 7.00. The molecule has 25 heavy (non-hydrogen) atoms. The van der Waals surface area contributed by atoms with Crippen molar-refractivity contribution < 1.29 is 19.4 Å². The summed E-state index contributed by atoms with van der Waals surface area (Å²) < 4.78 is 5.54. The van der Waals surface area contributed by atoms with Gasteiger partial charge >= 0.3 is 5.97 Å². The van der Waals surface area contributed by atoms with Gasteiger partial charge in [-0.05, 0) is 49.3 Å². The highest BCUT2D eigenvalue weighted by atomic mass is 32.1. The summed E-state index contributed by atoms with van der Waals surface area (Å²) in [5.74, 6) is -0.608. The fraction of sp³-hybridized carbons (Fsp3) is 0.400. The maximum absolute atomic E-state index is 12.4. The number of aryl methyl sites for hydroxylation is 1. The number of methoxy groups -OCH3 is 1. The predicted molar refractivity (Wildman–Crippen MR) is 99.8 cm³/mol. The highest BCUT2D eigenvalue weighted by molar-refractivity contribution is 7.12. The quantitative estimate of drug-likeness (QED) is 0.607. The van der Waals surface area contributed by atoms with Crippen molar-refractivity contribution in [1.82, 2.24) is 0 Å². The summed E-state index contributed by atoms with van der Waals surface area (Å²) in [7, 11) is 1.54. The number of carbonyl (C=O) groups is 2. The number of hydrogen-bond acceptors (Lipinski definition) is 4. The number of allylic oxidation sites excluding steroid dienone is 3. The lowest BCUT2D eigenvalue weighted by Crippen LogP contribution is -2.33. The van der Waals surface area contributed by atoms with Gasteiger partial charge in [0.2, 0.25) is 0 Å². The van der Waals surface area contributed by atoms with E-state index in [2.05, 4.69) is 0 Å². The standard InChI is InChI=1S/C20H24O4S/c1-11-9-16(25-10-11)15(21)8-7-14-18(24-6)12(2)17(19(22)23)13(3)20(14,4)5/h7-10,14H,1-6H3,(H,22,23). The van der Waals surface area contributed by atoms with Crippen LogP contribution in [0.15, 0.2) is 46.1 Å². The van der Waals surface area contributed by atoms with Crippen LogP contribution in [0.5, 0.6) is 0 Å². The van der Waals surface area contributed by atoms with Gasteiger partial charge in [0.25, 0.3) is 0 Å². The zero-order chi connectivity index (χ0) is 18.9. The van der Waals surface area contributed by atoms with E-state index >= 15 is 0 Å². The van der Waals surface area contributed by atoms with E-state index in [9.17, 15) is 14.7 Å². The molecule has 5 heteroatoms. The lowest BCUT2D eigenvalue weighted by molar-refractivity contribution is -0.132. The van der Waals surface area contributed by atoms with Crippen LogP contribution in [0.1, 0.15) is 42.9 Å². The van der Waals surface area contributed by atoms with Crippen LogP contribution in [0.3, 0.4) is 0 Å². The molecule has 0 aromatic carbocycles. The van der Waals surface area contributed by atoms with Gasteiger partial charge in [0.05, 0.1) is 17.6 Å². The zero-order valence-corrected chi connectivity index (χ0v) is 16.3. The Hall–Kier alpha value is -2.14. The Kier molecular flexibility index (Phi) is 5.37. The van der Waals surface area contributed by atoms with Crippen LogP contribution in [-0.4, -0.2) is 24.0 Å². The highest BCUT2D eigenvalue weighted by Gasteiger charge is 2.41. The van der Waals surface area contributed by atoms with E-state index < -0.39 is 11.4 Å². The Labute approximate surface area is 152 Å². The highest BCUT2D eigenvalue weighted by Crippen LogP contribution is 2.48. The average Bonchev–Trinajstić information content (AvgIpc) is 2.96. The SMILES string of the molecule is COC1=C(C)C(C(=O)O)=C(C)C(C)(C)C1C=CC(=O)c1cc(C)cs1. The summed E-state index contributed by atoms with van der Waals surface area (Å²) in [6, 6.07) is 1.87. The molecule has 0 saturated carbocycles. The Morgan fingerprint density at radius 2 is 1.92 bits per heavy atom. The molecule has 1 atom stereocenters. The summed E-state index contributed by atoms with van der Waals surface area (Å²) in [5, 5.41) is 11.5. The molecule has 0 spiro atoms. The Morgan fingerprint density at radius 3 is 2.40 bits per heavy atom. The molecule has 2 rings (SSSR count). The molecular weight excluding hydrogens is 336 g/mol. The third-order valence-corrected chi connectivity index (χ3v) is 6.06. The van der Waals surface area contributed by atoms with Crippen molar-refractivity contribution in [3.05, 3.63) is 56.5 Å². The van der Waals surface area contributed by atoms with Gasteiger partial charge in [0, 0.05) is 11.5 Å². The summed E-state index contributed by atoms with van der Waals surface area (Å²) in [6.45, 7) is 9.51. The minimum Gasteiger partial charge on any atom is -0.500 e. The molecule has 1 aliphatic carbocycles. The number of aliphatic carboxylic acids is 1. The summed E-state index contributed by atoms with van der Waals surface area (Å²) in [6.07, 6.45) is 3.41. The fourth-order valence-corrected chi connectivity index (χ4v) is 4.09. The first kappa shape index (κ1) is 19.2. The van der Waals surface area contributed by atoms with Crippen molar-refractivity contribution in [3.63, 3.8) is 0 Å². The lowest BCUT2D eigenvalue weighted by atomic mass is 9.66. The minimum atomic E-state index is -0.954. The van der Waals surface area contributed by atoms with Gasteiger partial charge in [-0.25, -0.2) is 4.79 Å². The Morgan fingerprint density at radius 1 is 1.28 bits per heavy atom. The second-order valence-corrected chi connectivity index (χ2v) is 7.82. The molecule has 1 heterocycles. The van der Waals surface area contributed by atoms with E-state index in [4.69, 9.17) is 4.74 Å². The molecule has 0 radical (unpaired) electrons. The molecule has 1 aromatic rings. The molecule has 0 saturated heterocycles. The van der Waals surface area contributed by atoms with Gasteiger partial charge in [-0.3, -0.25) is 4.79 Å². The molecule has 1 N–H and O–H groups in total. The minimum absolute atomic E-state index is 0.0485. The van der Waals surface area contributed by atoms with Crippen LogP contribution < -0.4 is 0 Å². The number of carboxylic acid groups (broad SMARTS) is 1. The maximum atomic E-state index is 12.4. The van der Waals surface area contributed by atoms with E-state index in [0.29, 0.717) is 21.8 Å². The van der Waals surface area contributed by atoms with E-state index in [1.165, 1.54) is 11.3 Å². The van der Waals surface area contributed by atoms with Gasteiger partial charge in [-0.15, -0.1) is 11.3 Å². The van der Waals surface area contributed by atoms with Crippen molar-refractivity contribution >= 4 is 23.1 Å². The Balaban J connectivity index is 2.45. The average molecular weight is 360 g/mol. The van der Waals surface area contributed by atoms with Crippen LogP contribution in [0.25, 0.3) is 0 Å². The van der Waals surface area contributed by atoms with Crippen molar-refractivity contribution in [2.45, 2.75) is 34.6 Å². The Bertz CT molecular complexity index is 805. The molecule has 0 aliphatic heterocycles. The van der Waals surface area contributed by atoms with Crippen LogP contribution in [0, 0.1) is 18.3 Å². The van der Waals surface area contributed by atoms with E-state index in [1.54, 1.807) is 20.1 Å². The number of rotatable bonds is 5. The first-order chi connectivity index (χ1) is 11.6. The van der Waals surface area contributed by atoms with Gasteiger partial charge in [0.1, 0.15) is 5.76 Å². The number of carbonyl (C=O) groups excluding carboxylic acids is 1. The van der Waals surface area contributed by atoms with Crippen molar-refractivity contribution in [3.8, 4) is 0 Å². The van der Waals surface area contributed by atoms with E-state index in [0.717, 1.165) is 11.1 Å². The van der Waals surface area contributed by atoms with Crippen molar-refractivity contribution in [2.75, 3.05) is 7.11 Å². The smallest absolute Gasteiger partial charge is 0.336 e. The molecule has 1 aliphatic rings. The van der Waals surface area contributed by atoms with Gasteiger partial charge in [0.15, 0.2) is 5.78 Å². The van der Waals surface area contributed by atoms with Crippen molar-refractivity contribution in [2.24, 2.45) is 11.3 Å². The number of ether oxygens (including phenoxy) is 1. The van der Waals surface area contributed by atoms with Crippen LogP contribution in [0.4, 0.5) is 0 Å². The fourth-order valence-electron chi connectivity index (χ4n) is 3.28. The van der Waals surface area contributed by atoms with Gasteiger partial charge in [-0.2, -0.15) is 0 Å². The number of carboxylic acids is 1. The predicted octanol–water partition coefficient (Wildman–Crippen LogP) is 4.77. The van der Waals surface area contributed by atoms with Crippen LogP contribution in [-0.2, 0) is 9.53 Å². The number of thiophene rings is 1. The lowest BCUT2D eigenvalue weighted by Gasteiger charge is -2.40. The molecular formula is C20H24O4S. The van der Waals surface area contributed by atoms with E-state index in [1.807, 2.05) is 45.2 Å². The van der Waals surface area contributed by atoms with Crippen LogP contribution in [0.2, 0.25) is 0 Å². The maximum Gasteiger partial charge on any atom is 0.336 e. The zero-order valence-electron chi connectivity index (χ0n) is 15.5. The second-order valence-electron chi connectivity index (χ2n) is 6.91. The van der Waals surface area contributed by atoms with Crippen LogP contribution >= 0.6 is 11.3 Å². The molecule has 4 nitrogen and oxygen atoms in total. The van der Waals surface area contributed by atoms with Crippen molar-refractivity contribution in [1.29, 1.82) is 0 Å². The first-order valence-corrected chi connectivity index (χ1v) is 8.96. The van der Waals surface area contributed by atoms with E-state index in [-0.39, 0.29) is 11.7 Å². The summed E-state index contributed by atoms with van der Waals surface area (Å²) in [5.41, 5.74) is 2.29. The topological polar surface area (TPSA) is 63.6 Å². The first-order valence-electron chi connectivity index (χ1n) is 8.08. The number of hydrogen-bond donors (Lipinski definition) is 1. The monoisotopic (exact) mass is 360 g/mol. The third kappa shape index (κ3) is 3.47. The molecule has 1 aromatic heterocycles. The molecule has 0 amide bonds. The van der Waals surface area contributed by atoms with Gasteiger partial charge in [-0.1, -0.05) is 25.5 Å². The number of ketones is 1. The summed E-state index contributed by atoms with van der Waals surface area (Å²) in [4.78, 5) is 24.8. The largest absolute Gasteiger partial charge is 0.500 e. The molecule has 134 valence electrons. The molecule has 1 unspecified atom stereocenters. The summed E-state index contributed by atoms with van der Waals surface area (Å²) >= 11 is 1.43. The van der Waals surface area contributed by atoms with Gasteiger partial charge < -0.3 is 9.84 Å². The molecule has 0 bridgehead atoms. The third-order valence-electron chi connectivity index (χ3n) is 4.99. The molecule has 0 fully saturated rings. The normalized spacial score (nSPS) is 20.3.